The zero-order valence-electron chi connectivity index (χ0n) is 14.9. The minimum absolute atomic E-state index is 0.00524. The summed E-state index contributed by atoms with van der Waals surface area (Å²) >= 11 is 1.47. The molecule has 1 amide bonds. The summed E-state index contributed by atoms with van der Waals surface area (Å²) in [4.78, 5) is 12.9. The van der Waals surface area contributed by atoms with E-state index in [9.17, 15) is 9.18 Å². The molecule has 1 N–H and O–H groups in total. The molecule has 3 rings (SSSR count). The topological polar surface area (TPSA) is 56.8 Å². The zero-order chi connectivity index (χ0) is 18.9. The lowest BCUT2D eigenvalue weighted by Gasteiger charge is -2.18. The Hall–Kier alpha value is -2.41. The molecule has 2 aromatic rings. The van der Waals surface area contributed by atoms with Gasteiger partial charge in [-0.3, -0.25) is 4.79 Å². The van der Waals surface area contributed by atoms with E-state index in [2.05, 4.69) is 5.32 Å². The minimum atomic E-state index is -0.279. The number of carbonyl (C=O) groups is 1. The van der Waals surface area contributed by atoms with Crippen LogP contribution in [-0.4, -0.2) is 38.0 Å². The van der Waals surface area contributed by atoms with E-state index >= 15 is 0 Å². The fourth-order valence-corrected chi connectivity index (χ4v) is 3.24. The second-order valence-electron chi connectivity index (χ2n) is 5.95. The Morgan fingerprint density at radius 2 is 1.85 bits per heavy atom. The SMILES string of the molecule is O=C(CSc1ccc2c(c1)OCCO2)NCCCCOc1ccc(F)cc1. The van der Waals surface area contributed by atoms with Gasteiger partial charge in [-0.25, -0.2) is 4.39 Å². The van der Waals surface area contributed by atoms with Gasteiger partial charge in [0.15, 0.2) is 11.5 Å². The van der Waals surface area contributed by atoms with Crippen LogP contribution in [0.3, 0.4) is 0 Å². The summed E-state index contributed by atoms with van der Waals surface area (Å²) < 4.78 is 29.3. The van der Waals surface area contributed by atoms with Gasteiger partial charge < -0.3 is 19.5 Å². The Labute approximate surface area is 162 Å². The highest BCUT2D eigenvalue weighted by atomic mass is 32.2. The number of hydrogen-bond acceptors (Lipinski definition) is 5. The summed E-state index contributed by atoms with van der Waals surface area (Å²) in [7, 11) is 0. The molecule has 0 aromatic heterocycles. The van der Waals surface area contributed by atoms with Gasteiger partial charge in [0.1, 0.15) is 24.8 Å². The molecule has 2 aromatic carbocycles. The van der Waals surface area contributed by atoms with Crippen LogP contribution in [0.5, 0.6) is 17.2 Å². The lowest BCUT2D eigenvalue weighted by Crippen LogP contribution is -2.26. The van der Waals surface area contributed by atoms with Crippen LogP contribution >= 0.6 is 11.8 Å². The highest BCUT2D eigenvalue weighted by Gasteiger charge is 2.12. The molecule has 27 heavy (non-hydrogen) atoms. The molecule has 7 heteroatoms. The van der Waals surface area contributed by atoms with Crippen molar-refractivity contribution < 1.29 is 23.4 Å². The molecule has 0 radical (unpaired) electrons. The zero-order valence-corrected chi connectivity index (χ0v) is 15.7. The Bertz CT molecular complexity index is 754. The summed E-state index contributed by atoms with van der Waals surface area (Å²) in [6, 6.07) is 11.6. The van der Waals surface area contributed by atoms with Crippen LogP contribution in [-0.2, 0) is 4.79 Å². The molecule has 0 atom stereocenters. The first kappa shape index (κ1) is 19.4. The van der Waals surface area contributed by atoms with E-state index in [1.165, 1.54) is 23.9 Å². The van der Waals surface area contributed by atoms with E-state index in [1.54, 1.807) is 12.1 Å². The Kier molecular flexibility index (Phi) is 7.21. The van der Waals surface area contributed by atoms with Gasteiger partial charge in [0.25, 0.3) is 0 Å². The van der Waals surface area contributed by atoms with E-state index in [0.717, 1.165) is 29.2 Å². The van der Waals surface area contributed by atoms with Crippen molar-refractivity contribution in [3.05, 3.63) is 48.3 Å². The number of thioether (sulfide) groups is 1. The van der Waals surface area contributed by atoms with Crippen molar-refractivity contribution >= 4 is 17.7 Å². The molecular formula is C20H22FNO4S. The van der Waals surface area contributed by atoms with Gasteiger partial charge >= 0.3 is 0 Å². The maximum Gasteiger partial charge on any atom is 0.230 e. The molecule has 0 saturated heterocycles. The fourth-order valence-electron chi connectivity index (χ4n) is 2.49. The third kappa shape index (κ3) is 6.36. The number of rotatable bonds is 9. The average molecular weight is 391 g/mol. The van der Waals surface area contributed by atoms with Crippen molar-refractivity contribution in [1.82, 2.24) is 5.32 Å². The maximum absolute atomic E-state index is 12.8. The first-order valence-corrected chi connectivity index (χ1v) is 9.87. The molecule has 0 saturated carbocycles. The van der Waals surface area contributed by atoms with Crippen LogP contribution in [0, 0.1) is 5.82 Å². The fraction of sp³-hybridized carbons (Fsp3) is 0.350. The van der Waals surface area contributed by atoms with E-state index in [1.807, 2.05) is 18.2 Å². The number of amides is 1. The molecule has 1 aliphatic heterocycles. The predicted molar refractivity (Wildman–Crippen MR) is 102 cm³/mol. The molecule has 144 valence electrons. The van der Waals surface area contributed by atoms with Crippen LogP contribution in [0.1, 0.15) is 12.8 Å². The summed E-state index contributed by atoms with van der Waals surface area (Å²) in [6.07, 6.45) is 1.63. The summed E-state index contributed by atoms with van der Waals surface area (Å²) in [5, 5.41) is 2.90. The number of carbonyl (C=O) groups excluding carboxylic acids is 1. The maximum atomic E-state index is 12.8. The summed E-state index contributed by atoms with van der Waals surface area (Å²) in [6.45, 7) is 2.25. The molecule has 0 bridgehead atoms. The number of nitrogens with one attached hydrogen (secondary N) is 1. The quantitative estimate of drug-likeness (QED) is 0.522. The Morgan fingerprint density at radius 3 is 2.67 bits per heavy atom. The Balaban J connectivity index is 1.27. The van der Waals surface area contributed by atoms with E-state index in [-0.39, 0.29) is 11.7 Å². The van der Waals surface area contributed by atoms with Gasteiger partial charge in [-0.1, -0.05) is 0 Å². The number of hydrogen-bond donors (Lipinski definition) is 1. The molecular weight excluding hydrogens is 369 g/mol. The second kappa shape index (κ2) is 10.1. The average Bonchev–Trinajstić information content (AvgIpc) is 2.70. The smallest absolute Gasteiger partial charge is 0.230 e. The second-order valence-corrected chi connectivity index (χ2v) is 7.00. The van der Waals surface area contributed by atoms with Crippen molar-refractivity contribution in [3.8, 4) is 17.2 Å². The van der Waals surface area contributed by atoms with Gasteiger partial charge in [-0.15, -0.1) is 11.8 Å². The Morgan fingerprint density at radius 1 is 1.07 bits per heavy atom. The monoisotopic (exact) mass is 391 g/mol. The standard InChI is InChI=1S/C20H22FNO4S/c21-15-3-5-16(6-4-15)24-10-2-1-9-22-20(23)14-27-17-7-8-18-19(13-17)26-12-11-25-18/h3-8,13H,1-2,9-12,14H2,(H,22,23). The highest BCUT2D eigenvalue weighted by Crippen LogP contribution is 2.34. The van der Waals surface area contributed by atoms with Gasteiger partial charge in [-0.2, -0.15) is 0 Å². The minimum Gasteiger partial charge on any atom is -0.494 e. The van der Waals surface area contributed by atoms with Crippen LogP contribution in [0.4, 0.5) is 4.39 Å². The van der Waals surface area contributed by atoms with Crippen LogP contribution in [0.15, 0.2) is 47.4 Å². The largest absolute Gasteiger partial charge is 0.494 e. The molecule has 1 aliphatic rings. The normalized spacial score (nSPS) is 12.5. The highest BCUT2D eigenvalue weighted by molar-refractivity contribution is 8.00. The summed E-state index contributed by atoms with van der Waals surface area (Å²) in [5.74, 6) is 2.20. The first-order valence-electron chi connectivity index (χ1n) is 8.88. The van der Waals surface area contributed by atoms with Crippen molar-refractivity contribution in [2.45, 2.75) is 17.7 Å². The number of unbranched alkanes of at least 4 members (excludes halogenated alkanes) is 1. The molecule has 0 unspecified atom stereocenters. The van der Waals surface area contributed by atoms with Crippen LogP contribution in [0.2, 0.25) is 0 Å². The number of ether oxygens (including phenoxy) is 3. The number of benzene rings is 2. The molecule has 0 spiro atoms. The third-order valence-electron chi connectivity index (χ3n) is 3.86. The van der Waals surface area contributed by atoms with Crippen LogP contribution < -0.4 is 19.5 Å². The predicted octanol–water partition coefficient (Wildman–Crippen LogP) is 3.66. The lowest BCUT2D eigenvalue weighted by molar-refractivity contribution is -0.118. The molecule has 0 aliphatic carbocycles. The van der Waals surface area contributed by atoms with Crippen LogP contribution in [0.25, 0.3) is 0 Å². The van der Waals surface area contributed by atoms with Gasteiger partial charge in [-0.05, 0) is 55.3 Å². The van der Waals surface area contributed by atoms with Gasteiger partial charge in [0.05, 0.1) is 12.4 Å². The summed E-state index contributed by atoms with van der Waals surface area (Å²) in [5.41, 5.74) is 0. The van der Waals surface area contributed by atoms with Crippen molar-refractivity contribution in [2.24, 2.45) is 0 Å². The molecule has 0 fully saturated rings. The lowest BCUT2D eigenvalue weighted by atomic mass is 10.3. The third-order valence-corrected chi connectivity index (χ3v) is 4.85. The van der Waals surface area contributed by atoms with E-state index in [0.29, 0.717) is 37.9 Å². The van der Waals surface area contributed by atoms with Gasteiger partial charge in [0, 0.05) is 11.4 Å². The molecule has 5 nitrogen and oxygen atoms in total. The number of halogens is 1. The van der Waals surface area contributed by atoms with E-state index < -0.39 is 0 Å². The molecule has 1 heterocycles. The van der Waals surface area contributed by atoms with Gasteiger partial charge in [0.2, 0.25) is 5.91 Å². The van der Waals surface area contributed by atoms with Crippen molar-refractivity contribution in [2.75, 3.05) is 32.1 Å². The number of fused-ring (bicyclic) bond motifs is 1. The van der Waals surface area contributed by atoms with E-state index in [4.69, 9.17) is 14.2 Å². The first-order chi connectivity index (χ1) is 13.2. The van der Waals surface area contributed by atoms with Crippen molar-refractivity contribution in [1.29, 1.82) is 0 Å². The van der Waals surface area contributed by atoms with Crippen molar-refractivity contribution in [3.63, 3.8) is 0 Å².